The molecule has 2 heterocycles. The van der Waals surface area contributed by atoms with Gasteiger partial charge in [-0.25, -0.2) is 9.15 Å². The summed E-state index contributed by atoms with van der Waals surface area (Å²) in [6, 6.07) is 23.5. The zero-order valence-corrected chi connectivity index (χ0v) is 44.4. The molecule has 0 saturated heterocycles. The minimum atomic E-state index is -0.448. The summed E-state index contributed by atoms with van der Waals surface area (Å²) in [5.74, 6) is 2.05. The predicted octanol–water partition coefficient (Wildman–Crippen LogP) is 13.2. The van der Waals surface area contributed by atoms with E-state index in [9.17, 15) is 0 Å². The van der Waals surface area contributed by atoms with Crippen LogP contribution >= 0.6 is 0 Å². The van der Waals surface area contributed by atoms with Crippen LogP contribution in [0.3, 0.4) is 0 Å². The van der Waals surface area contributed by atoms with E-state index in [0.717, 1.165) is 0 Å². The molecule has 0 aliphatic carbocycles. The predicted molar refractivity (Wildman–Crippen MR) is 282 cm³/mol. The van der Waals surface area contributed by atoms with Crippen LogP contribution in [0.15, 0.2) is 60.7 Å². The Morgan fingerprint density at radius 3 is 0.887 bits per heavy atom. The molecule has 0 amide bonds. The quantitative estimate of drug-likeness (QED) is 0.111. The normalized spacial score (nSPS) is 17.8. The Kier molecular flexibility index (Phi) is 14.4. The molecule has 0 radical (unpaired) electrons. The summed E-state index contributed by atoms with van der Waals surface area (Å²) >= 11 is 0. The third-order valence-electron chi connectivity index (χ3n) is 15.8. The summed E-state index contributed by atoms with van der Waals surface area (Å²) in [5, 5.41) is 0. The summed E-state index contributed by atoms with van der Waals surface area (Å²) in [6.45, 7) is 52.3. The smallest absolute Gasteiger partial charge is 0.209 e. The molecule has 2 aliphatic rings. The second-order valence-electron chi connectivity index (χ2n) is 24.3. The van der Waals surface area contributed by atoms with E-state index in [1.165, 1.54) is 79.9 Å². The molecule has 0 N–H and O–H groups in total. The summed E-state index contributed by atoms with van der Waals surface area (Å²) < 4.78 is 5.63. The minimum absolute atomic E-state index is 0.115. The van der Waals surface area contributed by atoms with Crippen LogP contribution in [0.1, 0.15) is 203 Å². The van der Waals surface area contributed by atoms with Crippen LogP contribution in [-0.2, 0) is 0 Å². The minimum Gasteiger partial charge on any atom is -0.232 e. The molecule has 0 unspecified atom stereocenters. The number of rotatable bonds is 10. The third kappa shape index (κ3) is 9.86. The van der Waals surface area contributed by atoms with Crippen LogP contribution in [0, 0.1) is 52.4 Å². The van der Waals surface area contributed by atoms with Crippen LogP contribution in [0.25, 0.3) is 0 Å². The molecule has 0 saturated carbocycles. The fourth-order valence-electron chi connectivity index (χ4n) is 13.2. The fourth-order valence-corrected chi connectivity index (χ4v) is 13.2. The fraction of sp³-hybridized carbons (Fsp3) is 0.552. The summed E-state index contributed by atoms with van der Waals surface area (Å²) in [7, 11) is -0.896. The van der Waals surface area contributed by atoms with Crippen molar-refractivity contribution in [1.29, 1.82) is 0 Å². The first-order chi connectivity index (χ1) is 28.5. The highest BCUT2D eigenvalue weighted by Crippen LogP contribution is 2.48. The van der Waals surface area contributed by atoms with Gasteiger partial charge in [-0.1, -0.05) is 177 Å². The zero-order valence-electron chi connectivity index (χ0n) is 44.4. The van der Waals surface area contributed by atoms with Crippen molar-refractivity contribution in [1.82, 2.24) is 0 Å². The number of nitrogens with zero attached hydrogens (tertiary/aromatic N) is 2. The van der Waals surface area contributed by atoms with Gasteiger partial charge >= 0.3 is 0 Å². The third-order valence-corrected chi connectivity index (χ3v) is 15.8. The van der Waals surface area contributed by atoms with Crippen molar-refractivity contribution in [3.8, 4) is 0 Å². The van der Waals surface area contributed by atoms with Crippen molar-refractivity contribution >= 4 is 48.1 Å². The van der Waals surface area contributed by atoms with E-state index in [2.05, 4.69) is 222 Å². The Balaban J connectivity index is 0.000000234. The van der Waals surface area contributed by atoms with Crippen molar-refractivity contribution in [3.05, 3.63) is 116 Å². The van der Waals surface area contributed by atoms with Crippen LogP contribution in [-0.4, -0.2) is 46.0 Å². The Morgan fingerprint density at radius 1 is 0.419 bits per heavy atom. The highest BCUT2D eigenvalue weighted by molar-refractivity contribution is 6.86. The topological polar surface area (TPSA) is 6.02 Å². The van der Waals surface area contributed by atoms with Gasteiger partial charge in [0.15, 0.2) is 11.1 Å². The average molecular weight is 835 g/mol. The maximum Gasteiger partial charge on any atom is 0.209 e. The number of aryl methyl sites for hydroxylation is 6. The molecule has 0 aromatic heterocycles. The Hall–Kier alpha value is -3.65. The second-order valence-corrected chi connectivity index (χ2v) is 24.3. The lowest BCUT2D eigenvalue weighted by molar-refractivity contribution is -0.515. The number of para-hydroxylation sites is 2. The zero-order chi connectivity index (χ0) is 46.6. The monoisotopic (exact) mass is 835 g/mol. The van der Waals surface area contributed by atoms with Gasteiger partial charge in [0.1, 0.15) is 0 Å². The molecule has 0 atom stereocenters. The Labute approximate surface area is 382 Å². The molecule has 2 nitrogen and oxygen atoms in total. The van der Waals surface area contributed by atoms with Gasteiger partial charge in [-0.2, -0.15) is 10.9 Å². The van der Waals surface area contributed by atoms with Gasteiger partial charge < -0.3 is 0 Å². The molecule has 4 aromatic rings. The average Bonchev–Trinajstić information content (AvgIpc) is 3.43. The van der Waals surface area contributed by atoms with Gasteiger partial charge in [0.05, 0.1) is 14.6 Å². The van der Waals surface area contributed by atoms with E-state index in [1.54, 1.807) is 22.1 Å². The standard InChI is InChI=1S/2C29H44BN/c2*1-18(2)23-13-12-14-24(19(3)4)26(23)31-27(28(8,9)17-29(31,10)11)30-25-21(6)15-20(5)16-22(25)7/h2*12-16,18-19H,17,30H2,1-11H3. The highest BCUT2D eigenvalue weighted by Gasteiger charge is 2.51. The van der Waals surface area contributed by atoms with Gasteiger partial charge in [0, 0.05) is 73.6 Å². The van der Waals surface area contributed by atoms with Crippen LogP contribution in [0.5, 0.6) is 0 Å². The lowest BCUT2D eigenvalue weighted by Gasteiger charge is -2.27. The van der Waals surface area contributed by atoms with Crippen molar-refractivity contribution in [3.63, 3.8) is 0 Å². The maximum absolute atomic E-state index is 2.82. The van der Waals surface area contributed by atoms with E-state index in [1.807, 2.05) is 0 Å². The van der Waals surface area contributed by atoms with Gasteiger partial charge in [0.2, 0.25) is 11.4 Å². The lowest BCUT2D eigenvalue weighted by atomic mass is 9.55. The van der Waals surface area contributed by atoms with E-state index in [-0.39, 0.29) is 21.9 Å². The highest BCUT2D eigenvalue weighted by atomic mass is 15.1. The van der Waals surface area contributed by atoms with E-state index < -0.39 is 14.6 Å². The van der Waals surface area contributed by atoms with E-state index in [4.69, 9.17) is 0 Å². The molecule has 0 bridgehead atoms. The van der Waals surface area contributed by atoms with Gasteiger partial charge in [-0.3, -0.25) is 0 Å². The summed E-state index contributed by atoms with van der Waals surface area (Å²) in [5.41, 5.74) is 25.0. The van der Waals surface area contributed by atoms with Gasteiger partial charge in [-0.15, -0.1) is 0 Å². The van der Waals surface area contributed by atoms with Crippen molar-refractivity contribution in [2.45, 2.75) is 200 Å². The van der Waals surface area contributed by atoms with E-state index >= 15 is 0 Å². The first-order valence-electron chi connectivity index (χ1n) is 24.8. The van der Waals surface area contributed by atoms with Gasteiger partial charge in [-0.05, 0) is 76.4 Å². The van der Waals surface area contributed by atoms with Crippen LogP contribution in [0.4, 0.5) is 11.4 Å². The SMILES string of the molecule is Cc1cc(C)c([BH2-]C2=[N+](c3c(C(C)C)cccc3C(C)C)C(C)(C)CC2(C)C)c(C)c1.Cc1cc(C)c([BH2-]C2=[N+](c3c(C(C)C)cccc3C(C)C)C(C)(C)CC2(C)C)c(C)c1. The van der Waals surface area contributed by atoms with Gasteiger partial charge in [0.25, 0.3) is 0 Å². The molecule has 2 aliphatic heterocycles. The van der Waals surface area contributed by atoms with Crippen molar-refractivity contribution in [2.24, 2.45) is 10.8 Å². The largest absolute Gasteiger partial charge is 0.232 e. The molecule has 4 aromatic carbocycles. The molecular weight excluding hydrogens is 746 g/mol. The summed E-state index contributed by atoms with van der Waals surface area (Å²) in [6.07, 6.45) is 2.40. The Bertz CT molecular complexity index is 2110. The van der Waals surface area contributed by atoms with Crippen LogP contribution in [0.2, 0.25) is 0 Å². The molecule has 6 rings (SSSR count). The molecule has 0 spiro atoms. The molecule has 336 valence electrons. The molecular formula is C58H88B2N2. The molecule has 4 heteroatoms. The molecule has 0 fully saturated rings. The van der Waals surface area contributed by atoms with Crippen molar-refractivity contribution < 1.29 is 9.15 Å². The second kappa shape index (κ2) is 18.1. The summed E-state index contributed by atoms with van der Waals surface area (Å²) in [4.78, 5) is 0. The number of hydrogen-bond donors (Lipinski definition) is 0. The van der Waals surface area contributed by atoms with E-state index in [0.29, 0.717) is 23.7 Å². The Morgan fingerprint density at radius 2 is 0.661 bits per heavy atom. The lowest BCUT2D eigenvalue weighted by Crippen LogP contribution is -2.39. The maximum atomic E-state index is 2.82. The van der Waals surface area contributed by atoms with Crippen molar-refractivity contribution in [2.75, 3.05) is 0 Å². The number of benzene rings is 4. The first-order valence-corrected chi connectivity index (χ1v) is 24.8. The molecule has 62 heavy (non-hydrogen) atoms. The van der Waals surface area contributed by atoms with Crippen LogP contribution < -0.4 is 10.9 Å². The first kappa shape index (κ1) is 49.4. The number of hydrogen-bond acceptors (Lipinski definition) is 0.